The Kier molecular flexibility index (Phi) is 7.04. The largest absolute Gasteiger partial charge is 0.501 e. The molecule has 0 bridgehead atoms. The Morgan fingerprint density at radius 2 is 1.85 bits per heavy atom. The van der Waals surface area contributed by atoms with Crippen LogP contribution < -0.4 is 10.9 Å². The standard InChI is InChI=1S/C25H27FN4O4/c1-29-23(18-9-5-17(6-10-18)15-30-13-3-4-20(30)34-2)28-21(22(31)25(29)33)24(32)27-14-16-7-11-19(26)12-8-16/h5-12,20,31H,3-4,13-15H2,1-2H3,(H,27,32)/t20-/m0/s1. The first-order valence-electron chi connectivity index (χ1n) is 11.1. The zero-order chi connectivity index (χ0) is 24.2. The summed E-state index contributed by atoms with van der Waals surface area (Å²) in [5.74, 6) is -1.54. The molecule has 2 heterocycles. The van der Waals surface area contributed by atoms with Crippen LogP contribution in [0.1, 0.15) is 34.5 Å². The van der Waals surface area contributed by atoms with Crippen LogP contribution in [-0.2, 0) is 24.9 Å². The van der Waals surface area contributed by atoms with E-state index in [9.17, 15) is 19.1 Å². The highest BCUT2D eigenvalue weighted by Gasteiger charge is 2.24. The van der Waals surface area contributed by atoms with Crippen LogP contribution in [0.5, 0.6) is 5.75 Å². The molecule has 2 N–H and O–H groups in total. The van der Waals surface area contributed by atoms with E-state index in [4.69, 9.17) is 4.74 Å². The first-order valence-corrected chi connectivity index (χ1v) is 11.1. The normalized spacial score (nSPS) is 16.0. The third-order valence-corrected chi connectivity index (χ3v) is 6.02. The van der Waals surface area contributed by atoms with Gasteiger partial charge in [0.15, 0.2) is 5.69 Å². The van der Waals surface area contributed by atoms with E-state index in [1.807, 2.05) is 24.3 Å². The fourth-order valence-electron chi connectivity index (χ4n) is 4.11. The van der Waals surface area contributed by atoms with Crippen LogP contribution >= 0.6 is 0 Å². The average Bonchev–Trinajstić information content (AvgIpc) is 3.30. The Bertz CT molecular complexity index is 1230. The summed E-state index contributed by atoms with van der Waals surface area (Å²) in [6.07, 6.45) is 2.23. The van der Waals surface area contributed by atoms with Crippen LogP contribution in [0.25, 0.3) is 11.4 Å². The number of aromatic nitrogens is 2. The Hall–Kier alpha value is -3.56. The highest BCUT2D eigenvalue weighted by molar-refractivity contribution is 5.95. The minimum atomic E-state index is -0.723. The van der Waals surface area contributed by atoms with Crippen LogP contribution in [0.2, 0.25) is 0 Å². The van der Waals surface area contributed by atoms with Crippen LogP contribution in [0.3, 0.4) is 0 Å². The van der Waals surface area contributed by atoms with Gasteiger partial charge >= 0.3 is 0 Å². The number of likely N-dealkylation sites (tertiary alicyclic amines) is 1. The van der Waals surface area contributed by atoms with E-state index in [2.05, 4.69) is 15.2 Å². The number of methoxy groups -OCH3 is 1. The number of nitrogens with zero attached hydrogens (tertiary/aromatic N) is 3. The molecular formula is C25H27FN4O4. The average molecular weight is 467 g/mol. The molecule has 178 valence electrons. The molecule has 1 fully saturated rings. The molecule has 0 spiro atoms. The Labute approximate surface area is 196 Å². The van der Waals surface area contributed by atoms with E-state index in [0.29, 0.717) is 11.1 Å². The number of nitrogens with one attached hydrogen (secondary N) is 1. The molecule has 0 saturated carbocycles. The molecule has 1 aliphatic rings. The third kappa shape index (κ3) is 5.00. The van der Waals surface area contributed by atoms with Crippen molar-refractivity contribution in [2.45, 2.75) is 32.2 Å². The Morgan fingerprint density at radius 1 is 1.18 bits per heavy atom. The molecule has 0 aliphatic carbocycles. The maximum absolute atomic E-state index is 13.1. The second-order valence-electron chi connectivity index (χ2n) is 8.31. The summed E-state index contributed by atoms with van der Waals surface area (Å²) in [5, 5.41) is 12.9. The monoisotopic (exact) mass is 466 g/mol. The van der Waals surface area contributed by atoms with Gasteiger partial charge in [0.1, 0.15) is 17.9 Å². The van der Waals surface area contributed by atoms with E-state index < -0.39 is 17.2 Å². The minimum absolute atomic E-state index is 0.0957. The maximum atomic E-state index is 13.1. The van der Waals surface area contributed by atoms with Gasteiger partial charge < -0.3 is 15.2 Å². The molecule has 2 aromatic carbocycles. The van der Waals surface area contributed by atoms with E-state index in [-0.39, 0.29) is 30.1 Å². The summed E-state index contributed by atoms with van der Waals surface area (Å²) in [7, 11) is 3.21. The molecule has 3 aromatic rings. The number of halogens is 1. The summed E-state index contributed by atoms with van der Waals surface area (Å²) in [5.41, 5.74) is 1.32. The minimum Gasteiger partial charge on any atom is -0.501 e. The number of carbonyl (C=O) groups excluding carboxylic acids is 1. The van der Waals surface area contributed by atoms with E-state index in [1.54, 1.807) is 7.11 Å². The number of carbonyl (C=O) groups is 1. The Morgan fingerprint density at radius 3 is 2.53 bits per heavy atom. The lowest BCUT2D eigenvalue weighted by Gasteiger charge is -2.23. The molecule has 34 heavy (non-hydrogen) atoms. The van der Waals surface area contributed by atoms with Gasteiger partial charge in [-0.3, -0.25) is 19.1 Å². The fourth-order valence-corrected chi connectivity index (χ4v) is 4.11. The smallest absolute Gasteiger partial charge is 0.296 e. The molecule has 1 amide bonds. The predicted octanol–water partition coefficient (Wildman–Crippen LogP) is 2.79. The molecule has 1 saturated heterocycles. The first kappa shape index (κ1) is 23.6. The van der Waals surface area contributed by atoms with Crippen molar-refractivity contribution in [2.24, 2.45) is 7.05 Å². The number of rotatable bonds is 7. The van der Waals surface area contributed by atoms with Gasteiger partial charge in [-0.15, -0.1) is 0 Å². The maximum Gasteiger partial charge on any atom is 0.296 e. The fraction of sp³-hybridized carbons (Fsp3) is 0.320. The molecule has 1 atom stereocenters. The quantitative estimate of drug-likeness (QED) is 0.556. The van der Waals surface area contributed by atoms with Gasteiger partial charge in [0.2, 0.25) is 5.75 Å². The van der Waals surface area contributed by atoms with Gasteiger partial charge in [-0.25, -0.2) is 9.37 Å². The molecule has 4 rings (SSSR count). The number of hydrogen-bond donors (Lipinski definition) is 2. The lowest BCUT2D eigenvalue weighted by atomic mass is 10.1. The summed E-state index contributed by atoms with van der Waals surface area (Å²) < 4.78 is 19.8. The lowest BCUT2D eigenvalue weighted by molar-refractivity contribution is -0.00815. The first-order chi connectivity index (χ1) is 16.4. The van der Waals surface area contributed by atoms with Gasteiger partial charge in [-0.2, -0.15) is 0 Å². The number of aromatic hydroxyl groups is 1. The van der Waals surface area contributed by atoms with E-state index in [0.717, 1.165) is 31.5 Å². The lowest BCUT2D eigenvalue weighted by Crippen LogP contribution is -2.30. The summed E-state index contributed by atoms with van der Waals surface area (Å²) in [6.45, 7) is 1.82. The molecular weight excluding hydrogens is 439 g/mol. The van der Waals surface area contributed by atoms with Crippen molar-refractivity contribution in [1.29, 1.82) is 0 Å². The topological polar surface area (TPSA) is 96.7 Å². The third-order valence-electron chi connectivity index (χ3n) is 6.02. The Balaban J connectivity index is 1.54. The molecule has 0 unspecified atom stereocenters. The van der Waals surface area contributed by atoms with Gasteiger partial charge in [-0.05, 0) is 36.1 Å². The van der Waals surface area contributed by atoms with Crippen molar-refractivity contribution in [2.75, 3.05) is 13.7 Å². The van der Waals surface area contributed by atoms with E-state index >= 15 is 0 Å². The SMILES string of the molecule is CO[C@H]1CCCN1Cc1ccc(-c2nc(C(=O)NCc3ccc(F)cc3)c(O)c(=O)n2C)cc1. The second-order valence-corrected chi connectivity index (χ2v) is 8.31. The number of amides is 1. The van der Waals surface area contributed by atoms with Crippen molar-refractivity contribution in [3.63, 3.8) is 0 Å². The molecule has 9 heteroatoms. The van der Waals surface area contributed by atoms with Crippen LogP contribution in [0, 0.1) is 5.82 Å². The molecule has 1 aromatic heterocycles. The highest BCUT2D eigenvalue weighted by atomic mass is 19.1. The molecule has 1 aliphatic heterocycles. The van der Waals surface area contributed by atoms with Gasteiger partial charge in [0, 0.05) is 39.4 Å². The van der Waals surface area contributed by atoms with Crippen LogP contribution in [0.4, 0.5) is 4.39 Å². The van der Waals surface area contributed by atoms with Crippen molar-refractivity contribution in [3.8, 4) is 17.1 Å². The summed E-state index contributed by atoms with van der Waals surface area (Å²) in [4.78, 5) is 31.9. The zero-order valence-corrected chi connectivity index (χ0v) is 19.1. The van der Waals surface area contributed by atoms with Gasteiger partial charge in [-0.1, -0.05) is 36.4 Å². The molecule has 8 nitrogen and oxygen atoms in total. The van der Waals surface area contributed by atoms with Gasteiger partial charge in [0.05, 0.1) is 0 Å². The number of hydrogen-bond acceptors (Lipinski definition) is 6. The molecule has 0 radical (unpaired) electrons. The predicted molar refractivity (Wildman–Crippen MR) is 125 cm³/mol. The second kappa shape index (κ2) is 10.1. The van der Waals surface area contributed by atoms with E-state index in [1.165, 1.54) is 35.9 Å². The summed E-state index contributed by atoms with van der Waals surface area (Å²) >= 11 is 0. The van der Waals surface area contributed by atoms with Gasteiger partial charge in [0.25, 0.3) is 11.5 Å². The summed E-state index contributed by atoms with van der Waals surface area (Å²) in [6, 6.07) is 13.2. The number of ether oxygens (including phenoxy) is 1. The highest BCUT2D eigenvalue weighted by Crippen LogP contribution is 2.23. The van der Waals surface area contributed by atoms with Crippen LogP contribution in [0.15, 0.2) is 53.3 Å². The van der Waals surface area contributed by atoms with Crippen molar-refractivity contribution >= 4 is 5.91 Å². The van der Waals surface area contributed by atoms with Crippen molar-refractivity contribution < 1.29 is 19.0 Å². The zero-order valence-electron chi connectivity index (χ0n) is 19.1. The van der Waals surface area contributed by atoms with Crippen LogP contribution in [-0.4, -0.2) is 45.3 Å². The number of benzene rings is 2. The van der Waals surface area contributed by atoms with Crippen molar-refractivity contribution in [3.05, 3.63) is 81.5 Å². The van der Waals surface area contributed by atoms with Crippen molar-refractivity contribution in [1.82, 2.24) is 19.8 Å².